The van der Waals surface area contributed by atoms with Crippen LogP contribution in [0, 0.1) is 12.7 Å². The summed E-state index contributed by atoms with van der Waals surface area (Å²) in [7, 11) is 0. The second-order valence-corrected chi connectivity index (χ2v) is 6.10. The lowest BCUT2D eigenvalue weighted by Crippen LogP contribution is -2.17. The largest absolute Gasteiger partial charge is 0.325 e. The van der Waals surface area contributed by atoms with E-state index in [0.29, 0.717) is 22.4 Å². The number of hydrogen-bond donors (Lipinski definition) is 1. The maximum Gasteiger partial charge on any atom is 0.228 e. The number of ketones is 1. The first kappa shape index (κ1) is 17.5. The van der Waals surface area contributed by atoms with E-state index in [4.69, 9.17) is 0 Å². The number of carbonyl (C=O) groups excluding carboxylic acids is 2. The van der Waals surface area contributed by atoms with Crippen molar-refractivity contribution in [3.05, 3.63) is 101 Å². The summed E-state index contributed by atoms with van der Waals surface area (Å²) < 4.78 is 13.0. The Balaban J connectivity index is 1.82. The average molecular weight is 347 g/mol. The molecule has 130 valence electrons. The van der Waals surface area contributed by atoms with Crippen LogP contribution < -0.4 is 5.32 Å². The van der Waals surface area contributed by atoms with Crippen molar-refractivity contribution < 1.29 is 14.0 Å². The summed E-state index contributed by atoms with van der Waals surface area (Å²) in [5.41, 5.74) is 3.11. The Hall–Kier alpha value is -3.27. The predicted octanol–water partition coefficient (Wildman–Crippen LogP) is 4.55. The van der Waals surface area contributed by atoms with Crippen molar-refractivity contribution in [2.24, 2.45) is 0 Å². The minimum Gasteiger partial charge on any atom is -0.325 e. The average Bonchev–Trinajstić information content (AvgIpc) is 2.65. The standard InChI is InChI=1S/C22H18FNO2/c1-15-7-12-20(19(13-15)22(26)17-5-3-2-4-6-17)24-21(25)14-16-8-10-18(23)11-9-16/h2-13H,14H2,1H3,(H,24,25). The fourth-order valence-corrected chi connectivity index (χ4v) is 2.68. The van der Waals surface area contributed by atoms with Gasteiger partial charge in [0.2, 0.25) is 5.91 Å². The number of rotatable bonds is 5. The summed E-state index contributed by atoms with van der Waals surface area (Å²) in [5, 5.41) is 2.80. The molecule has 3 nitrogen and oxygen atoms in total. The van der Waals surface area contributed by atoms with E-state index in [9.17, 15) is 14.0 Å². The number of halogens is 1. The molecule has 0 aliphatic carbocycles. The highest BCUT2D eigenvalue weighted by molar-refractivity contribution is 6.14. The summed E-state index contributed by atoms with van der Waals surface area (Å²) in [6.45, 7) is 1.89. The third-order valence-corrected chi connectivity index (χ3v) is 4.01. The minimum atomic E-state index is -0.344. The Bertz CT molecular complexity index is 934. The van der Waals surface area contributed by atoms with Gasteiger partial charge in [-0.2, -0.15) is 0 Å². The molecule has 0 unspecified atom stereocenters. The number of nitrogens with one attached hydrogen (secondary N) is 1. The quantitative estimate of drug-likeness (QED) is 0.689. The minimum absolute atomic E-state index is 0.104. The summed E-state index contributed by atoms with van der Waals surface area (Å²) >= 11 is 0. The number of hydrogen-bond acceptors (Lipinski definition) is 2. The van der Waals surface area contributed by atoms with Crippen LogP contribution in [0.15, 0.2) is 72.8 Å². The van der Waals surface area contributed by atoms with Gasteiger partial charge in [0.25, 0.3) is 0 Å². The van der Waals surface area contributed by atoms with Gasteiger partial charge in [-0.25, -0.2) is 4.39 Å². The van der Waals surface area contributed by atoms with Gasteiger partial charge in [-0.1, -0.05) is 54.1 Å². The zero-order chi connectivity index (χ0) is 18.5. The van der Waals surface area contributed by atoms with Gasteiger partial charge in [0.05, 0.1) is 12.1 Å². The van der Waals surface area contributed by atoms with E-state index in [-0.39, 0.29) is 23.9 Å². The van der Waals surface area contributed by atoms with Crippen LogP contribution >= 0.6 is 0 Å². The van der Waals surface area contributed by atoms with E-state index in [1.165, 1.54) is 12.1 Å². The van der Waals surface area contributed by atoms with Gasteiger partial charge < -0.3 is 5.32 Å². The zero-order valence-corrected chi connectivity index (χ0v) is 14.3. The van der Waals surface area contributed by atoms with Crippen LogP contribution in [0.2, 0.25) is 0 Å². The van der Waals surface area contributed by atoms with E-state index in [1.54, 1.807) is 48.5 Å². The second-order valence-electron chi connectivity index (χ2n) is 6.10. The molecular formula is C22H18FNO2. The Kier molecular flexibility index (Phi) is 5.23. The lowest BCUT2D eigenvalue weighted by molar-refractivity contribution is -0.115. The van der Waals surface area contributed by atoms with E-state index in [1.807, 2.05) is 19.1 Å². The normalized spacial score (nSPS) is 10.4. The molecule has 3 aromatic rings. The van der Waals surface area contributed by atoms with Crippen molar-refractivity contribution in [3.8, 4) is 0 Å². The highest BCUT2D eigenvalue weighted by Gasteiger charge is 2.15. The lowest BCUT2D eigenvalue weighted by Gasteiger charge is -2.12. The van der Waals surface area contributed by atoms with Crippen molar-refractivity contribution in [1.29, 1.82) is 0 Å². The van der Waals surface area contributed by atoms with Gasteiger partial charge in [-0.15, -0.1) is 0 Å². The molecule has 4 heteroatoms. The maximum atomic E-state index is 13.0. The Labute approximate surface area is 151 Å². The highest BCUT2D eigenvalue weighted by Crippen LogP contribution is 2.21. The van der Waals surface area contributed by atoms with Gasteiger partial charge in [-0.05, 0) is 36.8 Å². The summed E-state index contributed by atoms with van der Waals surface area (Å²) in [5.74, 6) is -0.752. The molecule has 3 rings (SSSR count). The van der Waals surface area contributed by atoms with Crippen LogP contribution in [-0.4, -0.2) is 11.7 Å². The fourth-order valence-electron chi connectivity index (χ4n) is 2.68. The van der Waals surface area contributed by atoms with Crippen molar-refractivity contribution in [2.75, 3.05) is 5.32 Å². The van der Waals surface area contributed by atoms with E-state index < -0.39 is 0 Å². The number of carbonyl (C=O) groups is 2. The molecular weight excluding hydrogens is 329 g/mol. The van der Waals surface area contributed by atoms with Crippen molar-refractivity contribution in [1.82, 2.24) is 0 Å². The van der Waals surface area contributed by atoms with Crippen molar-refractivity contribution in [3.63, 3.8) is 0 Å². The van der Waals surface area contributed by atoms with Crippen LogP contribution in [0.3, 0.4) is 0 Å². The zero-order valence-electron chi connectivity index (χ0n) is 14.3. The van der Waals surface area contributed by atoms with Gasteiger partial charge in [0, 0.05) is 11.1 Å². The molecule has 0 heterocycles. The first-order valence-corrected chi connectivity index (χ1v) is 8.27. The molecule has 0 aliphatic rings. The third-order valence-electron chi connectivity index (χ3n) is 4.01. The molecule has 0 bridgehead atoms. The number of anilines is 1. The van der Waals surface area contributed by atoms with E-state index in [0.717, 1.165) is 5.56 Å². The Morgan fingerprint density at radius 2 is 1.62 bits per heavy atom. The molecule has 1 amide bonds. The molecule has 0 atom stereocenters. The van der Waals surface area contributed by atoms with E-state index in [2.05, 4.69) is 5.32 Å². The molecule has 0 fully saturated rings. The Morgan fingerprint density at radius 3 is 2.31 bits per heavy atom. The van der Waals surface area contributed by atoms with Crippen molar-refractivity contribution >= 4 is 17.4 Å². The van der Waals surface area contributed by atoms with E-state index >= 15 is 0 Å². The van der Waals surface area contributed by atoms with Crippen molar-refractivity contribution in [2.45, 2.75) is 13.3 Å². The predicted molar refractivity (Wildman–Crippen MR) is 99.8 cm³/mol. The number of aryl methyl sites for hydroxylation is 1. The lowest BCUT2D eigenvalue weighted by atomic mass is 9.99. The monoisotopic (exact) mass is 347 g/mol. The molecule has 0 radical (unpaired) electrons. The van der Waals surface area contributed by atoms with Crippen LogP contribution in [0.25, 0.3) is 0 Å². The maximum absolute atomic E-state index is 13.0. The fraction of sp³-hybridized carbons (Fsp3) is 0.0909. The topological polar surface area (TPSA) is 46.2 Å². The molecule has 0 aromatic heterocycles. The number of benzene rings is 3. The summed E-state index contributed by atoms with van der Waals surface area (Å²) in [6, 6.07) is 20.1. The summed E-state index contributed by atoms with van der Waals surface area (Å²) in [6.07, 6.45) is 0.104. The van der Waals surface area contributed by atoms with Crippen LogP contribution in [0.5, 0.6) is 0 Å². The van der Waals surface area contributed by atoms with Gasteiger partial charge >= 0.3 is 0 Å². The smallest absolute Gasteiger partial charge is 0.228 e. The second kappa shape index (κ2) is 7.74. The summed E-state index contributed by atoms with van der Waals surface area (Å²) in [4.78, 5) is 25.2. The third kappa shape index (κ3) is 4.22. The van der Waals surface area contributed by atoms with Crippen LogP contribution in [0.1, 0.15) is 27.0 Å². The molecule has 0 saturated carbocycles. The molecule has 0 saturated heterocycles. The molecule has 0 spiro atoms. The first-order chi connectivity index (χ1) is 12.5. The van der Waals surface area contributed by atoms with Gasteiger partial charge in [0.1, 0.15) is 5.82 Å². The van der Waals surface area contributed by atoms with Crippen LogP contribution in [-0.2, 0) is 11.2 Å². The molecule has 1 N–H and O–H groups in total. The van der Waals surface area contributed by atoms with Gasteiger partial charge in [0.15, 0.2) is 5.78 Å². The molecule has 26 heavy (non-hydrogen) atoms. The molecule has 3 aromatic carbocycles. The van der Waals surface area contributed by atoms with Gasteiger partial charge in [-0.3, -0.25) is 9.59 Å². The first-order valence-electron chi connectivity index (χ1n) is 8.27. The number of amides is 1. The Morgan fingerprint density at radius 1 is 0.923 bits per heavy atom. The molecule has 0 aliphatic heterocycles. The SMILES string of the molecule is Cc1ccc(NC(=O)Cc2ccc(F)cc2)c(C(=O)c2ccccc2)c1. The highest BCUT2D eigenvalue weighted by atomic mass is 19.1. The van der Waals surface area contributed by atoms with Crippen LogP contribution in [0.4, 0.5) is 10.1 Å².